The van der Waals surface area contributed by atoms with Crippen molar-refractivity contribution in [2.24, 2.45) is 0 Å². The molecule has 1 N–H and O–H groups in total. The average Bonchev–Trinajstić information content (AvgIpc) is 2.99. The highest BCUT2D eigenvalue weighted by Gasteiger charge is 2.05. The lowest BCUT2D eigenvalue weighted by Crippen LogP contribution is -2.01. The fourth-order valence-electron chi connectivity index (χ4n) is 1.94. The van der Waals surface area contributed by atoms with Gasteiger partial charge < -0.3 is 5.32 Å². The minimum Gasteiger partial charge on any atom is -0.354 e. The van der Waals surface area contributed by atoms with Gasteiger partial charge in [-0.15, -0.1) is 0 Å². The summed E-state index contributed by atoms with van der Waals surface area (Å²) in [6.07, 6.45) is 5.53. The predicted molar refractivity (Wildman–Crippen MR) is 78.8 cm³/mol. The van der Waals surface area contributed by atoms with Crippen LogP contribution < -0.4 is 5.32 Å². The van der Waals surface area contributed by atoms with Crippen LogP contribution in [0.25, 0.3) is 16.9 Å². The van der Waals surface area contributed by atoms with Gasteiger partial charge in [0, 0.05) is 24.5 Å². The van der Waals surface area contributed by atoms with Crippen LogP contribution in [0.4, 0.5) is 5.95 Å². The number of anilines is 1. The van der Waals surface area contributed by atoms with Gasteiger partial charge in [0.25, 0.3) is 0 Å². The maximum Gasteiger partial charge on any atom is 0.223 e. The summed E-state index contributed by atoms with van der Waals surface area (Å²) in [4.78, 5) is 8.63. The first-order valence-corrected chi connectivity index (χ1v) is 6.54. The van der Waals surface area contributed by atoms with E-state index < -0.39 is 0 Å². The van der Waals surface area contributed by atoms with Crippen LogP contribution in [0, 0.1) is 0 Å². The van der Waals surface area contributed by atoms with Gasteiger partial charge in [0.05, 0.1) is 17.6 Å². The second-order valence-corrected chi connectivity index (χ2v) is 4.30. The fourth-order valence-corrected chi connectivity index (χ4v) is 1.94. The van der Waals surface area contributed by atoms with Crippen molar-refractivity contribution < 1.29 is 0 Å². The van der Waals surface area contributed by atoms with Crippen molar-refractivity contribution in [1.82, 2.24) is 19.7 Å². The smallest absolute Gasteiger partial charge is 0.223 e. The molecule has 0 aliphatic carbocycles. The van der Waals surface area contributed by atoms with Gasteiger partial charge >= 0.3 is 0 Å². The summed E-state index contributed by atoms with van der Waals surface area (Å²) in [5, 5.41) is 7.48. The number of aromatic nitrogens is 4. The number of nitrogens with one attached hydrogen (secondary N) is 1. The molecule has 3 aromatic rings. The van der Waals surface area contributed by atoms with E-state index in [1.807, 2.05) is 60.4 Å². The van der Waals surface area contributed by atoms with E-state index in [-0.39, 0.29) is 0 Å². The fraction of sp³-hybridized carbons (Fsp3) is 0.133. The third-order valence-electron chi connectivity index (χ3n) is 2.89. The van der Waals surface area contributed by atoms with Crippen molar-refractivity contribution in [3.63, 3.8) is 0 Å². The number of rotatable bonds is 4. The lowest BCUT2D eigenvalue weighted by molar-refractivity contribution is 0.880. The molecule has 5 nitrogen and oxygen atoms in total. The van der Waals surface area contributed by atoms with Crippen molar-refractivity contribution in [2.75, 3.05) is 11.9 Å². The van der Waals surface area contributed by atoms with E-state index in [0.717, 1.165) is 23.5 Å². The molecular weight excluding hydrogens is 250 g/mol. The Balaban J connectivity index is 1.92. The van der Waals surface area contributed by atoms with Crippen molar-refractivity contribution in [3.8, 4) is 16.9 Å². The van der Waals surface area contributed by atoms with Gasteiger partial charge in [-0.2, -0.15) is 5.10 Å². The van der Waals surface area contributed by atoms with E-state index in [4.69, 9.17) is 0 Å². The summed E-state index contributed by atoms with van der Waals surface area (Å²) >= 11 is 0. The van der Waals surface area contributed by atoms with Gasteiger partial charge in [-0.1, -0.05) is 18.2 Å². The van der Waals surface area contributed by atoms with Gasteiger partial charge in [0.1, 0.15) is 0 Å². The maximum atomic E-state index is 4.46. The number of hydrogen-bond donors (Lipinski definition) is 1. The van der Waals surface area contributed by atoms with E-state index in [1.54, 1.807) is 6.20 Å². The molecule has 0 radical (unpaired) electrons. The minimum atomic E-state index is 0.637. The summed E-state index contributed by atoms with van der Waals surface area (Å²) in [5.41, 5.74) is 2.85. The predicted octanol–water partition coefficient (Wildman–Crippen LogP) is 2.76. The van der Waals surface area contributed by atoms with Crippen LogP contribution >= 0.6 is 0 Å². The van der Waals surface area contributed by atoms with E-state index >= 15 is 0 Å². The van der Waals surface area contributed by atoms with Crippen LogP contribution in [0.3, 0.4) is 0 Å². The molecule has 0 spiro atoms. The Morgan fingerprint density at radius 2 is 2.00 bits per heavy atom. The monoisotopic (exact) mass is 265 g/mol. The van der Waals surface area contributed by atoms with E-state index in [0.29, 0.717) is 5.95 Å². The minimum absolute atomic E-state index is 0.637. The highest BCUT2D eigenvalue weighted by molar-refractivity contribution is 5.58. The van der Waals surface area contributed by atoms with Crippen molar-refractivity contribution >= 4 is 5.95 Å². The second kappa shape index (κ2) is 5.52. The Morgan fingerprint density at radius 3 is 2.80 bits per heavy atom. The molecule has 3 rings (SSSR count). The molecule has 0 aliphatic rings. The zero-order valence-corrected chi connectivity index (χ0v) is 11.2. The van der Waals surface area contributed by atoms with Gasteiger partial charge in [-0.3, -0.25) is 0 Å². The molecule has 0 saturated carbocycles. The molecule has 0 fully saturated rings. The molecule has 20 heavy (non-hydrogen) atoms. The number of hydrogen-bond acceptors (Lipinski definition) is 4. The first kappa shape index (κ1) is 12.3. The molecular formula is C15H15N5. The molecule has 0 bridgehead atoms. The quantitative estimate of drug-likeness (QED) is 0.788. The normalized spacial score (nSPS) is 10.4. The lowest BCUT2D eigenvalue weighted by atomic mass is 10.2. The van der Waals surface area contributed by atoms with Crippen molar-refractivity contribution in [2.45, 2.75) is 6.92 Å². The summed E-state index contributed by atoms with van der Waals surface area (Å²) < 4.78 is 1.84. The summed E-state index contributed by atoms with van der Waals surface area (Å²) in [6, 6.07) is 11.9. The number of benzene rings is 1. The molecule has 2 heterocycles. The lowest BCUT2D eigenvalue weighted by Gasteiger charge is -2.02. The highest BCUT2D eigenvalue weighted by atomic mass is 15.3. The zero-order valence-electron chi connectivity index (χ0n) is 11.2. The zero-order chi connectivity index (χ0) is 13.8. The molecule has 0 unspecified atom stereocenters. The second-order valence-electron chi connectivity index (χ2n) is 4.30. The number of para-hydroxylation sites is 1. The Kier molecular flexibility index (Phi) is 3.41. The SMILES string of the molecule is CCNc1nccc(-c2cnn(-c3ccccc3)c2)n1. The summed E-state index contributed by atoms with van der Waals surface area (Å²) in [6.45, 7) is 2.82. The average molecular weight is 265 g/mol. The van der Waals surface area contributed by atoms with E-state index in [2.05, 4.69) is 20.4 Å². The Morgan fingerprint density at radius 1 is 1.15 bits per heavy atom. The van der Waals surface area contributed by atoms with Crippen LogP contribution in [0.15, 0.2) is 55.0 Å². The highest BCUT2D eigenvalue weighted by Crippen LogP contribution is 2.18. The Bertz CT molecular complexity index is 690. The molecule has 0 aliphatic heterocycles. The van der Waals surface area contributed by atoms with Gasteiger partial charge in [-0.25, -0.2) is 14.6 Å². The molecule has 0 amide bonds. The summed E-state index contributed by atoms with van der Waals surface area (Å²) in [5.74, 6) is 0.637. The topological polar surface area (TPSA) is 55.6 Å². The standard InChI is InChI=1S/C15H15N5/c1-2-16-15-17-9-8-14(19-15)12-10-18-20(11-12)13-6-4-3-5-7-13/h3-11H,2H2,1H3,(H,16,17,19). The van der Waals surface area contributed by atoms with Crippen LogP contribution in [0.1, 0.15) is 6.92 Å². The van der Waals surface area contributed by atoms with Crippen LogP contribution in [0.2, 0.25) is 0 Å². The van der Waals surface area contributed by atoms with Gasteiger partial charge in [-0.05, 0) is 25.1 Å². The van der Waals surface area contributed by atoms with Crippen LogP contribution in [-0.2, 0) is 0 Å². The first-order valence-electron chi connectivity index (χ1n) is 6.54. The van der Waals surface area contributed by atoms with E-state index in [9.17, 15) is 0 Å². The largest absolute Gasteiger partial charge is 0.354 e. The van der Waals surface area contributed by atoms with Crippen LogP contribution in [0.5, 0.6) is 0 Å². The maximum absolute atomic E-state index is 4.46. The Hall–Kier alpha value is -2.69. The molecule has 5 heteroatoms. The van der Waals surface area contributed by atoms with Gasteiger partial charge in [0.15, 0.2) is 0 Å². The molecule has 100 valence electrons. The van der Waals surface area contributed by atoms with Crippen molar-refractivity contribution in [1.29, 1.82) is 0 Å². The molecule has 0 atom stereocenters. The molecule has 1 aromatic carbocycles. The Labute approximate surface area is 117 Å². The summed E-state index contributed by atoms with van der Waals surface area (Å²) in [7, 11) is 0. The third kappa shape index (κ3) is 2.51. The van der Waals surface area contributed by atoms with Crippen LogP contribution in [-0.4, -0.2) is 26.3 Å². The molecule has 0 saturated heterocycles. The van der Waals surface area contributed by atoms with E-state index in [1.165, 1.54) is 0 Å². The van der Waals surface area contributed by atoms with Gasteiger partial charge in [0.2, 0.25) is 5.95 Å². The third-order valence-corrected chi connectivity index (χ3v) is 2.89. The van der Waals surface area contributed by atoms with Crippen molar-refractivity contribution in [3.05, 3.63) is 55.0 Å². The molecule has 2 aromatic heterocycles. The first-order chi connectivity index (χ1) is 9.86. The number of nitrogens with zero attached hydrogens (tertiary/aromatic N) is 4.